The highest BCUT2D eigenvalue weighted by atomic mass is 35.5. The van der Waals surface area contributed by atoms with Crippen LogP contribution in [0.25, 0.3) is 0 Å². The molecule has 0 aromatic heterocycles. The van der Waals surface area contributed by atoms with E-state index in [-0.39, 0.29) is 39.7 Å². The van der Waals surface area contributed by atoms with Gasteiger partial charge in [0.2, 0.25) is 0 Å². The number of Topliss-reactive ketones (excluding diaryl/α,β-unsaturated/α-hetero) is 2. The zero-order chi connectivity index (χ0) is 23.3. The van der Waals surface area contributed by atoms with Crippen LogP contribution in [0.3, 0.4) is 0 Å². The van der Waals surface area contributed by atoms with E-state index in [9.17, 15) is 18.0 Å². The van der Waals surface area contributed by atoms with Crippen LogP contribution < -0.4 is 4.72 Å². The molecule has 166 valence electrons. The van der Waals surface area contributed by atoms with Crippen LogP contribution in [0, 0.1) is 0 Å². The van der Waals surface area contributed by atoms with Crippen LogP contribution in [0.5, 0.6) is 0 Å². The molecule has 5 nitrogen and oxygen atoms in total. The molecule has 2 aromatic rings. The lowest BCUT2D eigenvalue weighted by Crippen LogP contribution is -2.17. The van der Waals surface area contributed by atoms with Gasteiger partial charge < -0.3 is 0 Å². The first-order valence-electron chi connectivity index (χ1n) is 10.2. The van der Waals surface area contributed by atoms with Crippen molar-refractivity contribution in [2.75, 3.05) is 4.72 Å². The molecule has 0 unspecified atom stereocenters. The quantitative estimate of drug-likeness (QED) is 0.471. The van der Waals surface area contributed by atoms with Crippen molar-refractivity contribution < 1.29 is 18.0 Å². The summed E-state index contributed by atoms with van der Waals surface area (Å²) in [5.41, 5.74) is 2.56. The first-order valence-corrected chi connectivity index (χ1v) is 12.0. The molecule has 0 atom stereocenters. The van der Waals surface area contributed by atoms with Gasteiger partial charge in [0.25, 0.3) is 10.0 Å². The van der Waals surface area contributed by atoms with Gasteiger partial charge in [-0.3, -0.25) is 14.3 Å². The number of hydrogen-bond acceptors (Lipinski definition) is 4. The van der Waals surface area contributed by atoms with E-state index in [1.807, 2.05) is 25.2 Å². The van der Waals surface area contributed by atoms with Crippen LogP contribution in [0.4, 0.5) is 5.69 Å². The van der Waals surface area contributed by atoms with Crippen LogP contribution in [0.15, 0.2) is 82.8 Å². The number of sulfonamides is 1. The predicted octanol–water partition coefficient (Wildman–Crippen LogP) is 6.14. The van der Waals surface area contributed by atoms with Gasteiger partial charge in [0.1, 0.15) is 0 Å². The molecule has 0 saturated heterocycles. The van der Waals surface area contributed by atoms with Crippen molar-refractivity contribution in [2.24, 2.45) is 0 Å². The van der Waals surface area contributed by atoms with Gasteiger partial charge in [-0.1, -0.05) is 53.6 Å². The number of anilines is 1. The van der Waals surface area contributed by atoms with Gasteiger partial charge in [-0.25, -0.2) is 8.42 Å². The van der Waals surface area contributed by atoms with Crippen molar-refractivity contribution in [3.63, 3.8) is 0 Å². The average molecular weight is 470 g/mol. The summed E-state index contributed by atoms with van der Waals surface area (Å²) in [6.07, 6.45) is 9.51. The van der Waals surface area contributed by atoms with Crippen molar-refractivity contribution in [1.29, 1.82) is 0 Å². The minimum atomic E-state index is -3.98. The molecule has 1 N–H and O–H groups in total. The molecule has 0 saturated carbocycles. The molecule has 0 radical (unpaired) electrons. The number of allylic oxidation sites excluding steroid dienone is 6. The summed E-state index contributed by atoms with van der Waals surface area (Å²) in [4.78, 5) is 25.4. The molecular formula is C25H24ClNO4S. The van der Waals surface area contributed by atoms with Gasteiger partial charge in [0, 0.05) is 17.0 Å². The molecule has 3 rings (SSSR count). The molecule has 0 aliphatic heterocycles. The third-order valence-corrected chi connectivity index (χ3v) is 6.68. The van der Waals surface area contributed by atoms with Crippen LogP contribution in [-0.4, -0.2) is 20.0 Å². The maximum atomic E-state index is 13.2. The Kier molecular flexibility index (Phi) is 7.48. The first kappa shape index (κ1) is 23.7. The number of rotatable bonds is 8. The lowest BCUT2D eigenvalue weighted by atomic mass is 9.95. The molecule has 0 heterocycles. The second-order valence-corrected chi connectivity index (χ2v) is 9.75. The summed E-state index contributed by atoms with van der Waals surface area (Å²) in [6, 6.07) is 10.3. The van der Waals surface area contributed by atoms with E-state index >= 15 is 0 Å². The molecule has 1 aliphatic carbocycles. The number of carbonyl (C=O) groups is 2. The smallest absolute Gasteiger partial charge is 0.261 e. The fourth-order valence-electron chi connectivity index (χ4n) is 3.46. The number of nitrogens with one attached hydrogen (secondary N) is 1. The maximum absolute atomic E-state index is 13.2. The molecule has 0 amide bonds. The number of carbonyl (C=O) groups excluding carboxylic acids is 2. The second kappa shape index (κ2) is 10.1. The molecule has 1 aliphatic rings. The Morgan fingerprint density at radius 3 is 2.50 bits per heavy atom. The largest absolute Gasteiger partial charge is 0.294 e. The molecular weight excluding hydrogens is 446 g/mol. The van der Waals surface area contributed by atoms with Crippen LogP contribution in [0.2, 0.25) is 5.02 Å². The molecule has 0 spiro atoms. The molecule has 0 bridgehead atoms. The number of ketones is 2. The number of benzene rings is 2. The topological polar surface area (TPSA) is 80.3 Å². The average Bonchev–Trinajstić information content (AvgIpc) is 2.95. The molecule has 0 fully saturated rings. The van der Waals surface area contributed by atoms with Gasteiger partial charge in [-0.2, -0.15) is 0 Å². The van der Waals surface area contributed by atoms with Crippen molar-refractivity contribution in [3.8, 4) is 0 Å². The Bertz CT molecular complexity index is 1240. The Morgan fingerprint density at radius 2 is 1.81 bits per heavy atom. The van der Waals surface area contributed by atoms with E-state index in [1.54, 1.807) is 6.07 Å². The summed E-state index contributed by atoms with van der Waals surface area (Å²) in [6.45, 7) is 3.38. The Hall–Kier alpha value is -2.96. The maximum Gasteiger partial charge on any atom is 0.261 e. The highest BCUT2D eigenvalue weighted by Crippen LogP contribution is 2.27. The molecule has 32 heavy (non-hydrogen) atoms. The summed E-state index contributed by atoms with van der Waals surface area (Å²) in [5.74, 6) is -0.613. The minimum Gasteiger partial charge on any atom is -0.294 e. The van der Waals surface area contributed by atoms with Gasteiger partial charge in [-0.05, 0) is 62.6 Å². The Balaban J connectivity index is 1.92. The van der Waals surface area contributed by atoms with E-state index in [1.165, 1.54) is 48.9 Å². The number of halogens is 1. The predicted molar refractivity (Wildman–Crippen MR) is 128 cm³/mol. The summed E-state index contributed by atoms with van der Waals surface area (Å²) in [7, 11) is -3.98. The summed E-state index contributed by atoms with van der Waals surface area (Å²) >= 11 is 5.85. The zero-order valence-electron chi connectivity index (χ0n) is 17.9. The van der Waals surface area contributed by atoms with Gasteiger partial charge in [-0.15, -0.1) is 0 Å². The van der Waals surface area contributed by atoms with E-state index in [2.05, 4.69) is 10.8 Å². The third-order valence-electron chi connectivity index (χ3n) is 5.05. The normalized spacial score (nSPS) is 13.7. The summed E-state index contributed by atoms with van der Waals surface area (Å²) < 4.78 is 28.2. The molecule has 2 aromatic carbocycles. The van der Waals surface area contributed by atoms with E-state index in [0.29, 0.717) is 11.4 Å². The third kappa shape index (κ3) is 5.84. The SMILES string of the molecule is CC(=O)c1cccc(NS(=O)(=O)c2ccc(Cl)cc2)c1C(=O)CCC1=CC=CCC(C)=C1. The van der Waals surface area contributed by atoms with E-state index in [4.69, 9.17) is 11.6 Å². The monoisotopic (exact) mass is 469 g/mol. The Morgan fingerprint density at radius 1 is 1.09 bits per heavy atom. The highest BCUT2D eigenvalue weighted by Gasteiger charge is 2.23. The second-order valence-electron chi connectivity index (χ2n) is 7.63. The fourth-order valence-corrected chi connectivity index (χ4v) is 4.65. The fraction of sp³-hybridized carbons (Fsp3) is 0.200. The number of hydrogen-bond donors (Lipinski definition) is 1. The zero-order valence-corrected chi connectivity index (χ0v) is 19.5. The van der Waals surface area contributed by atoms with Crippen molar-refractivity contribution in [3.05, 3.63) is 94.1 Å². The minimum absolute atomic E-state index is 0.00420. The lowest BCUT2D eigenvalue weighted by molar-refractivity contribution is 0.0963. The Labute approximate surface area is 193 Å². The van der Waals surface area contributed by atoms with Crippen LogP contribution >= 0.6 is 11.6 Å². The van der Waals surface area contributed by atoms with Gasteiger partial charge >= 0.3 is 0 Å². The van der Waals surface area contributed by atoms with Crippen LogP contribution in [0.1, 0.15) is 53.8 Å². The van der Waals surface area contributed by atoms with Crippen molar-refractivity contribution >= 4 is 38.9 Å². The highest BCUT2D eigenvalue weighted by molar-refractivity contribution is 7.92. The standard InChI is InChI=1S/C25H24ClNO4S/c1-17-6-3-4-7-19(16-17)10-15-24(29)25-22(18(2)28)8-5-9-23(25)27-32(30,31)21-13-11-20(26)12-14-21/h3-5,7-9,11-14,16,27H,6,10,15H2,1-2H3. The van der Waals surface area contributed by atoms with Gasteiger partial charge in [0.15, 0.2) is 11.6 Å². The first-order chi connectivity index (χ1) is 15.2. The van der Waals surface area contributed by atoms with Gasteiger partial charge in [0.05, 0.1) is 16.1 Å². The lowest BCUT2D eigenvalue weighted by Gasteiger charge is -2.15. The van der Waals surface area contributed by atoms with E-state index < -0.39 is 10.0 Å². The molecule has 7 heteroatoms. The van der Waals surface area contributed by atoms with Crippen LogP contribution in [-0.2, 0) is 10.0 Å². The van der Waals surface area contributed by atoms with E-state index in [0.717, 1.165) is 12.0 Å². The van der Waals surface area contributed by atoms with Crippen molar-refractivity contribution in [1.82, 2.24) is 0 Å². The van der Waals surface area contributed by atoms with Crippen molar-refractivity contribution in [2.45, 2.75) is 38.0 Å². The summed E-state index contributed by atoms with van der Waals surface area (Å²) in [5, 5.41) is 0.408.